The van der Waals surface area contributed by atoms with Crippen LogP contribution in [0, 0.1) is 6.92 Å². The van der Waals surface area contributed by atoms with Gasteiger partial charge in [0.05, 0.1) is 0 Å². The van der Waals surface area contributed by atoms with E-state index in [4.69, 9.17) is 0 Å². The lowest BCUT2D eigenvalue weighted by atomic mass is 10.00. The molecule has 0 radical (unpaired) electrons. The molecule has 2 heteroatoms. The first-order chi connectivity index (χ1) is 10.6. The summed E-state index contributed by atoms with van der Waals surface area (Å²) in [7, 11) is 0. The lowest BCUT2D eigenvalue weighted by Gasteiger charge is -2.04. The van der Waals surface area contributed by atoms with Crippen molar-refractivity contribution in [1.29, 1.82) is 0 Å². The van der Waals surface area contributed by atoms with Crippen molar-refractivity contribution in [3.63, 3.8) is 0 Å². The lowest BCUT2D eigenvalue weighted by Crippen LogP contribution is -1.95. The molecule has 0 fully saturated rings. The highest BCUT2D eigenvalue weighted by Gasteiger charge is 2.04. The first kappa shape index (κ1) is 14.1. The molecule has 0 unspecified atom stereocenters. The van der Waals surface area contributed by atoms with E-state index in [1.165, 1.54) is 6.07 Å². The maximum Gasteiger partial charge on any atom is 0.221 e. The second-order valence-corrected chi connectivity index (χ2v) is 5.28. The summed E-state index contributed by atoms with van der Waals surface area (Å²) >= 11 is 0. The molecule has 0 aliphatic carbocycles. The topological polar surface area (TPSA) is 37.3 Å². The summed E-state index contributed by atoms with van der Waals surface area (Å²) < 4.78 is 0. The minimum Gasteiger partial charge on any atom is -0.504 e. The molecule has 0 amide bonds. The van der Waals surface area contributed by atoms with Crippen LogP contribution in [0.3, 0.4) is 0 Å². The maximum atomic E-state index is 11.9. The van der Waals surface area contributed by atoms with Crippen LogP contribution in [0.15, 0.2) is 77.6 Å². The molecule has 0 aliphatic heterocycles. The third kappa shape index (κ3) is 2.77. The van der Waals surface area contributed by atoms with Crippen molar-refractivity contribution in [1.82, 2.24) is 0 Å². The standard InChI is InChI=1S/C20H16O2/c1-14-10-11-18(13-19(21)20(14)22)17-9-5-8-16(12-17)15-6-3-2-4-7-15/h2-13H,1H3,(H,21,22). The lowest BCUT2D eigenvalue weighted by molar-refractivity contribution is 0.467. The highest BCUT2D eigenvalue weighted by atomic mass is 16.3. The van der Waals surface area contributed by atoms with E-state index in [0.29, 0.717) is 5.56 Å². The number of hydrogen-bond acceptors (Lipinski definition) is 2. The van der Waals surface area contributed by atoms with Crippen molar-refractivity contribution in [3.05, 3.63) is 88.6 Å². The van der Waals surface area contributed by atoms with Crippen molar-refractivity contribution in [2.75, 3.05) is 0 Å². The Morgan fingerprint density at radius 3 is 2.00 bits per heavy atom. The van der Waals surface area contributed by atoms with Gasteiger partial charge in [-0.2, -0.15) is 0 Å². The molecule has 0 heterocycles. The Bertz CT molecular complexity index is 868. The molecule has 0 atom stereocenters. The van der Waals surface area contributed by atoms with Gasteiger partial charge < -0.3 is 5.11 Å². The van der Waals surface area contributed by atoms with E-state index in [1.807, 2.05) is 42.5 Å². The van der Waals surface area contributed by atoms with E-state index < -0.39 is 0 Å². The van der Waals surface area contributed by atoms with Gasteiger partial charge in [0, 0.05) is 0 Å². The monoisotopic (exact) mass is 288 g/mol. The smallest absolute Gasteiger partial charge is 0.221 e. The van der Waals surface area contributed by atoms with Gasteiger partial charge in [-0.25, -0.2) is 0 Å². The largest absolute Gasteiger partial charge is 0.504 e. The van der Waals surface area contributed by atoms with Crippen LogP contribution in [0.4, 0.5) is 0 Å². The minimum atomic E-state index is -0.359. The van der Waals surface area contributed by atoms with E-state index in [2.05, 4.69) is 18.2 Å². The minimum absolute atomic E-state index is 0.189. The summed E-state index contributed by atoms with van der Waals surface area (Å²) in [5.41, 5.74) is 4.20. The van der Waals surface area contributed by atoms with Crippen LogP contribution in [0.25, 0.3) is 22.3 Å². The van der Waals surface area contributed by atoms with Gasteiger partial charge in [-0.1, -0.05) is 60.7 Å². The molecular formula is C20H16O2. The van der Waals surface area contributed by atoms with E-state index >= 15 is 0 Å². The maximum absolute atomic E-state index is 11.9. The van der Waals surface area contributed by atoms with Gasteiger partial charge in [0.2, 0.25) is 5.43 Å². The van der Waals surface area contributed by atoms with E-state index in [-0.39, 0.29) is 11.2 Å². The first-order valence-corrected chi connectivity index (χ1v) is 7.15. The summed E-state index contributed by atoms with van der Waals surface area (Å²) in [4.78, 5) is 11.9. The Kier molecular flexibility index (Phi) is 3.75. The highest BCUT2D eigenvalue weighted by molar-refractivity contribution is 5.73. The number of aryl methyl sites for hydroxylation is 1. The molecule has 0 spiro atoms. The Hall–Kier alpha value is -2.87. The molecule has 0 saturated carbocycles. The van der Waals surface area contributed by atoms with Crippen molar-refractivity contribution in [3.8, 4) is 28.0 Å². The molecule has 2 nitrogen and oxygen atoms in total. The molecule has 0 aromatic heterocycles. The molecule has 0 saturated heterocycles. The molecule has 0 aliphatic rings. The van der Waals surface area contributed by atoms with E-state index in [1.54, 1.807) is 13.0 Å². The third-order valence-corrected chi connectivity index (χ3v) is 3.71. The van der Waals surface area contributed by atoms with Crippen LogP contribution in [-0.2, 0) is 0 Å². The van der Waals surface area contributed by atoms with Crippen LogP contribution in [-0.4, -0.2) is 5.11 Å². The number of hydrogen-bond donors (Lipinski definition) is 1. The molecule has 3 aromatic carbocycles. The fraction of sp³-hybridized carbons (Fsp3) is 0.0500. The summed E-state index contributed by atoms with van der Waals surface area (Å²) in [6.45, 7) is 1.72. The molecule has 0 bridgehead atoms. The second kappa shape index (κ2) is 5.86. The number of aromatic hydroxyl groups is 1. The van der Waals surface area contributed by atoms with Gasteiger partial charge in [0.15, 0.2) is 5.75 Å². The second-order valence-electron chi connectivity index (χ2n) is 5.28. The SMILES string of the molecule is Cc1ccc(-c2cccc(-c3ccccc3)c2)cc(=O)c1O. The summed E-state index contributed by atoms with van der Waals surface area (Å²) in [5, 5.41) is 9.76. The van der Waals surface area contributed by atoms with E-state index in [9.17, 15) is 9.90 Å². The summed E-state index contributed by atoms with van der Waals surface area (Å²) in [5.74, 6) is -0.189. The fourth-order valence-corrected chi connectivity index (χ4v) is 2.43. The fourth-order valence-electron chi connectivity index (χ4n) is 2.43. The molecule has 3 rings (SSSR count). The average molecular weight is 288 g/mol. The average Bonchev–Trinajstić information content (AvgIpc) is 2.69. The Labute approximate surface area is 129 Å². The molecule has 108 valence electrons. The van der Waals surface area contributed by atoms with Crippen molar-refractivity contribution in [2.45, 2.75) is 6.92 Å². The molecule has 3 aromatic rings. The van der Waals surface area contributed by atoms with Crippen LogP contribution in [0.2, 0.25) is 0 Å². The number of rotatable bonds is 2. The summed E-state index contributed by atoms with van der Waals surface area (Å²) in [6.07, 6.45) is 0. The van der Waals surface area contributed by atoms with Gasteiger partial charge in [-0.15, -0.1) is 0 Å². The zero-order valence-corrected chi connectivity index (χ0v) is 12.3. The predicted octanol–water partition coefficient (Wildman–Crippen LogP) is 4.39. The van der Waals surface area contributed by atoms with Crippen LogP contribution < -0.4 is 5.43 Å². The van der Waals surface area contributed by atoms with Gasteiger partial charge in [0.25, 0.3) is 0 Å². The Morgan fingerprint density at radius 2 is 1.27 bits per heavy atom. The van der Waals surface area contributed by atoms with Crippen molar-refractivity contribution in [2.24, 2.45) is 0 Å². The Balaban J connectivity index is 2.13. The van der Waals surface area contributed by atoms with Gasteiger partial charge in [-0.3, -0.25) is 4.79 Å². The van der Waals surface area contributed by atoms with Gasteiger partial charge >= 0.3 is 0 Å². The predicted molar refractivity (Wildman–Crippen MR) is 90.0 cm³/mol. The quantitative estimate of drug-likeness (QED) is 0.759. The van der Waals surface area contributed by atoms with Gasteiger partial charge in [-0.05, 0) is 46.9 Å². The number of benzene rings is 2. The van der Waals surface area contributed by atoms with Crippen molar-refractivity contribution >= 4 is 0 Å². The summed E-state index contributed by atoms with van der Waals surface area (Å²) in [6, 6.07) is 23.2. The van der Waals surface area contributed by atoms with Gasteiger partial charge in [0.1, 0.15) is 0 Å². The van der Waals surface area contributed by atoms with Crippen LogP contribution >= 0.6 is 0 Å². The first-order valence-electron chi connectivity index (χ1n) is 7.15. The zero-order chi connectivity index (χ0) is 15.5. The third-order valence-electron chi connectivity index (χ3n) is 3.71. The molecule has 1 N–H and O–H groups in total. The normalized spacial score (nSPS) is 10.4. The van der Waals surface area contributed by atoms with Crippen molar-refractivity contribution < 1.29 is 5.11 Å². The molecule has 22 heavy (non-hydrogen) atoms. The Morgan fingerprint density at radius 1 is 0.682 bits per heavy atom. The highest BCUT2D eigenvalue weighted by Crippen LogP contribution is 2.26. The van der Waals surface area contributed by atoms with E-state index in [0.717, 1.165) is 22.3 Å². The van der Waals surface area contributed by atoms with Crippen LogP contribution in [0.5, 0.6) is 5.75 Å². The van der Waals surface area contributed by atoms with Crippen LogP contribution in [0.1, 0.15) is 5.56 Å². The molecular weight excluding hydrogens is 272 g/mol. The zero-order valence-electron chi connectivity index (χ0n) is 12.3.